The first-order chi connectivity index (χ1) is 11.6. The number of alkyl halides is 6. The molecule has 0 aliphatic carbocycles. The van der Waals surface area contributed by atoms with E-state index in [9.17, 15) is 26.3 Å². The van der Waals surface area contributed by atoms with Crippen LogP contribution < -0.4 is 0 Å². The van der Waals surface area contributed by atoms with Gasteiger partial charge in [-0.25, -0.2) is 0 Å². The van der Waals surface area contributed by atoms with Crippen molar-refractivity contribution in [2.24, 2.45) is 0 Å². The molecule has 0 spiro atoms. The SMILES string of the molecule is FC(F)(F)CC(SC(CC(F)(F)F)c1ccccc1)c1ccccc1. The van der Waals surface area contributed by atoms with E-state index in [0.29, 0.717) is 22.9 Å². The Balaban J connectivity index is 2.31. The average molecular weight is 378 g/mol. The highest BCUT2D eigenvalue weighted by atomic mass is 32.2. The summed E-state index contributed by atoms with van der Waals surface area (Å²) in [5.74, 6) is 0. The molecule has 2 aromatic rings. The van der Waals surface area contributed by atoms with Crippen molar-refractivity contribution < 1.29 is 26.3 Å². The second-order valence-corrected chi connectivity index (χ2v) is 6.98. The van der Waals surface area contributed by atoms with Gasteiger partial charge in [0.25, 0.3) is 0 Å². The maximum Gasteiger partial charge on any atom is 0.390 e. The first-order valence-electron chi connectivity index (χ1n) is 7.53. The zero-order chi connectivity index (χ0) is 18.5. The van der Waals surface area contributed by atoms with Crippen LogP contribution in [0.2, 0.25) is 0 Å². The maximum atomic E-state index is 12.9. The van der Waals surface area contributed by atoms with Crippen molar-refractivity contribution in [3.8, 4) is 0 Å². The van der Waals surface area contributed by atoms with Crippen molar-refractivity contribution in [3.63, 3.8) is 0 Å². The predicted molar refractivity (Wildman–Crippen MR) is 87.3 cm³/mol. The molecule has 25 heavy (non-hydrogen) atoms. The third-order valence-electron chi connectivity index (χ3n) is 3.50. The van der Waals surface area contributed by atoms with E-state index in [1.807, 2.05) is 0 Å². The van der Waals surface area contributed by atoms with E-state index in [-0.39, 0.29) is 0 Å². The lowest BCUT2D eigenvalue weighted by atomic mass is 10.1. The van der Waals surface area contributed by atoms with Gasteiger partial charge in [0.2, 0.25) is 0 Å². The Labute approximate surface area is 146 Å². The van der Waals surface area contributed by atoms with Crippen molar-refractivity contribution in [1.82, 2.24) is 0 Å². The summed E-state index contributed by atoms with van der Waals surface area (Å²) >= 11 is 0.710. The topological polar surface area (TPSA) is 0 Å². The van der Waals surface area contributed by atoms with E-state index in [4.69, 9.17) is 0 Å². The van der Waals surface area contributed by atoms with Crippen LogP contribution >= 0.6 is 11.8 Å². The number of hydrogen-bond donors (Lipinski definition) is 0. The first-order valence-corrected chi connectivity index (χ1v) is 8.47. The van der Waals surface area contributed by atoms with Gasteiger partial charge < -0.3 is 0 Å². The third kappa shape index (κ3) is 7.02. The Morgan fingerprint density at radius 3 is 1.20 bits per heavy atom. The molecule has 0 saturated heterocycles. The van der Waals surface area contributed by atoms with Crippen molar-refractivity contribution in [1.29, 1.82) is 0 Å². The second kappa shape index (κ2) is 8.17. The van der Waals surface area contributed by atoms with Crippen molar-refractivity contribution >= 4 is 11.8 Å². The van der Waals surface area contributed by atoms with Crippen LogP contribution in [0.3, 0.4) is 0 Å². The highest BCUT2D eigenvalue weighted by molar-refractivity contribution is 7.99. The van der Waals surface area contributed by atoms with E-state index < -0.39 is 35.7 Å². The molecular weight excluding hydrogens is 362 g/mol. The van der Waals surface area contributed by atoms with Crippen LogP contribution in [0.5, 0.6) is 0 Å². The number of rotatable bonds is 6. The quantitative estimate of drug-likeness (QED) is 0.483. The minimum Gasteiger partial charge on any atom is -0.171 e. The smallest absolute Gasteiger partial charge is 0.171 e. The van der Waals surface area contributed by atoms with Gasteiger partial charge in [0.05, 0.1) is 12.8 Å². The standard InChI is InChI=1S/C18H16F6S/c19-17(20,21)11-15(13-7-3-1-4-8-13)25-16(12-18(22,23)24)14-9-5-2-6-10-14/h1-10,15-16H,11-12H2. The van der Waals surface area contributed by atoms with Crippen LogP contribution in [-0.4, -0.2) is 12.4 Å². The molecule has 0 aliphatic rings. The highest BCUT2D eigenvalue weighted by Gasteiger charge is 2.38. The predicted octanol–water partition coefficient (Wildman–Crippen LogP) is 7.11. The summed E-state index contributed by atoms with van der Waals surface area (Å²) in [4.78, 5) is 0. The van der Waals surface area contributed by atoms with Crippen LogP contribution in [0.15, 0.2) is 60.7 Å². The molecule has 2 rings (SSSR count). The number of thioether (sulfide) groups is 1. The molecular formula is C18H16F6S. The molecule has 0 N–H and O–H groups in total. The molecule has 0 saturated carbocycles. The minimum absolute atomic E-state index is 0.368. The van der Waals surface area contributed by atoms with Crippen molar-refractivity contribution in [2.75, 3.05) is 0 Å². The van der Waals surface area contributed by atoms with E-state index in [1.54, 1.807) is 36.4 Å². The fourth-order valence-electron chi connectivity index (χ4n) is 2.44. The summed E-state index contributed by atoms with van der Waals surface area (Å²) in [6, 6.07) is 15.7. The van der Waals surface area contributed by atoms with Gasteiger partial charge >= 0.3 is 12.4 Å². The van der Waals surface area contributed by atoms with E-state index in [1.165, 1.54) is 24.3 Å². The molecule has 2 unspecified atom stereocenters. The molecule has 7 heteroatoms. The fourth-order valence-corrected chi connectivity index (χ4v) is 4.04. The third-order valence-corrected chi connectivity index (χ3v) is 5.04. The van der Waals surface area contributed by atoms with Crippen molar-refractivity contribution in [2.45, 2.75) is 35.7 Å². The molecule has 0 bridgehead atoms. The molecule has 0 nitrogen and oxygen atoms in total. The Bertz CT molecular complexity index is 579. The van der Waals surface area contributed by atoms with Gasteiger partial charge in [-0.15, -0.1) is 11.8 Å². The lowest BCUT2D eigenvalue weighted by Gasteiger charge is -2.26. The Morgan fingerprint density at radius 2 is 0.920 bits per heavy atom. The first kappa shape index (κ1) is 19.7. The molecule has 0 heterocycles. The number of hydrogen-bond acceptors (Lipinski definition) is 1. The Hall–Kier alpha value is -1.63. The molecule has 2 aromatic carbocycles. The Kier molecular flexibility index (Phi) is 6.43. The van der Waals surface area contributed by atoms with Gasteiger partial charge in [-0.05, 0) is 11.1 Å². The summed E-state index contributed by atoms with van der Waals surface area (Å²) in [6.45, 7) is 0. The second-order valence-electron chi connectivity index (χ2n) is 5.57. The molecule has 136 valence electrons. The van der Waals surface area contributed by atoms with Gasteiger partial charge in [-0.2, -0.15) is 26.3 Å². The van der Waals surface area contributed by atoms with Gasteiger partial charge in [0.15, 0.2) is 0 Å². The summed E-state index contributed by atoms with van der Waals surface area (Å²) in [6.07, 6.45) is -11.3. The van der Waals surface area contributed by atoms with Gasteiger partial charge in [-0.3, -0.25) is 0 Å². The van der Waals surface area contributed by atoms with Crippen LogP contribution in [0.1, 0.15) is 34.5 Å². The van der Waals surface area contributed by atoms with Crippen LogP contribution in [0.25, 0.3) is 0 Å². The zero-order valence-electron chi connectivity index (χ0n) is 13.0. The summed E-state index contributed by atoms with van der Waals surface area (Å²) < 4.78 is 77.7. The number of benzene rings is 2. The van der Waals surface area contributed by atoms with E-state index in [2.05, 4.69) is 0 Å². The summed E-state index contributed by atoms with van der Waals surface area (Å²) in [7, 11) is 0. The van der Waals surface area contributed by atoms with Gasteiger partial charge in [-0.1, -0.05) is 60.7 Å². The van der Waals surface area contributed by atoms with Crippen molar-refractivity contribution in [3.05, 3.63) is 71.8 Å². The summed E-state index contributed by atoms with van der Waals surface area (Å²) in [5, 5.41) is -2.21. The normalized spacial score (nSPS) is 15.0. The van der Waals surface area contributed by atoms with Crippen LogP contribution in [0.4, 0.5) is 26.3 Å². The van der Waals surface area contributed by atoms with Gasteiger partial charge in [0, 0.05) is 10.5 Å². The largest absolute Gasteiger partial charge is 0.390 e. The van der Waals surface area contributed by atoms with Crippen LogP contribution in [-0.2, 0) is 0 Å². The molecule has 2 atom stereocenters. The molecule has 0 aromatic heterocycles. The lowest BCUT2D eigenvalue weighted by Crippen LogP contribution is -2.16. The zero-order valence-corrected chi connectivity index (χ0v) is 13.8. The number of halogens is 6. The van der Waals surface area contributed by atoms with Gasteiger partial charge in [0.1, 0.15) is 0 Å². The fraction of sp³-hybridized carbons (Fsp3) is 0.333. The van der Waals surface area contributed by atoms with E-state index >= 15 is 0 Å². The molecule has 0 radical (unpaired) electrons. The van der Waals surface area contributed by atoms with Crippen LogP contribution in [0, 0.1) is 0 Å². The lowest BCUT2D eigenvalue weighted by molar-refractivity contribution is -0.135. The minimum atomic E-state index is -4.47. The monoisotopic (exact) mass is 378 g/mol. The highest BCUT2D eigenvalue weighted by Crippen LogP contribution is 2.49. The molecule has 0 amide bonds. The molecule has 0 aliphatic heterocycles. The maximum absolute atomic E-state index is 12.9. The Morgan fingerprint density at radius 1 is 0.600 bits per heavy atom. The molecule has 0 fully saturated rings. The van der Waals surface area contributed by atoms with E-state index in [0.717, 1.165) is 0 Å². The average Bonchev–Trinajstić information content (AvgIpc) is 2.53. The summed E-state index contributed by atoms with van der Waals surface area (Å²) in [5.41, 5.74) is 0.737.